The molecule has 2 rings (SSSR count). The summed E-state index contributed by atoms with van der Waals surface area (Å²) in [6.45, 7) is 5.60. The van der Waals surface area contributed by atoms with Gasteiger partial charge in [0, 0.05) is 10.0 Å². The number of anilines is 1. The zero-order valence-electron chi connectivity index (χ0n) is 16.7. The van der Waals surface area contributed by atoms with Gasteiger partial charge in [0.15, 0.2) is 0 Å². The second-order valence-corrected chi connectivity index (χ2v) is 9.42. The molecule has 1 atom stereocenters. The maximum atomic E-state index is 12.6. The highest BCUT2D eigenvalue weighted by atomic mass is 35.5. The van der Waals surface area contributed by atoms with E-state index in [1.54, 1.807) is 31.2 Å². The summed E-state index contributed by atoms with van der Waals surface area (Å²) in [5, 5.41) is 3.68. The summed E-state index contributed by atoms with van der Waals surface area (Å²) >= 11 is 12.1. The number of ether oxygens (including phenoxy) is 1. The zero-order chi connectivity index (χ0) is 21.8. The van der Waals surface area contributed by atoms with Gasteiger partial charge in [-0.1, -0.05) is 35.3 Å². The molecule has 0 aliphatic carbocycles. The van der Waals surface area contributed by atoms with Crippen molar-refractivity contribution >= 4 is 44.8 Å². The van der Waals surface area contributed by atoms with Gasteiger partial charge in [0.05, 0.1) is 18.5 Å². The molecule has 0 aliphatic rings. The van der Waals surface area contributed by atoms with Gasteiger partial charge in [-0.2, -0.15) is 0 Å². The van der Waals surface area contributed by atoms with Crippen molar-refractivity contribution in [3.63, 3.8) is 0 Å². The van der Waals surface area contributed by atoms with Crippen LogP contribution in [0.1, 0.15) is 18.1 Å². The number of benzene rings is 2. The van der Waals surface area contributed by atoms with E-state index >= 15 is 0 Å². The highest BCUT2D eigenvalue weighted by Gasteiger charge is 2.30. The Morgan fingerprint density at radius 1 is 1.14 bits per heavy atom. The molecule has 0 saturated carbocycles. The fourth-order valence-corrected chi connectivity index (χ4v) is 4.32. The fourth-order valence-electron chi connectivity index (χ4n) is 2.76. The average Bonchev–Trinajstić information content (AvgIpc) is 2.63. The minimum atomic E-state index is -3.72. The summed E-state index contributed by atoms with van der Waals surface area (Å²) < 4.78 is 31.4. The quantitative estimate of drug-likeness (QED) is 0.607. The van der Waals surface area contributed by atoms with Crippen molar-refractivity contribution in [3.8, 4) is 5.75 Å². The molecule has 2 aromatic rings. The van der Waals surface area contributed by atoms with Crippen molar-refractivity contribution in [2.45, 2.75) is 26.8 Å². The molecule has 0 spiro atoms. The topological polar surface area (TPSA) is 75.7 Å². The summed E-state index contributed by atoms with van der Waals surface area (Å²) in [7, 11) is -3.72. The first kappa shape index (κ1) is 23.3. The predicted octanol–water partition coefficient (Wildman–Crippen LogP) is 3.96. The Bertz CT molecular complexity index is 996. The molecule has 1 amide bonds. The van der Waals surface area contributed by atoms with Crippen LogP contribution in [-0.2, 0) is 14.8 Å². The average molecular weight is 459 g/mol. The van der Waals surface area contributed by atoms with Gasteiger partial charge in [-0.15, -0.1) is 0 Å². The molecule has 0 aliphatic heterocycles. The Morgan fingerprint density at radius 3 is 2.41 bits per heavy atom. The van der Waals surface area contributed by atoms with Crippen LogP contribution in [0.15, 0.2) is 36.4 Å². The molecule has 9 heteroatoms. The highest BCUT2D eigenvalue weighted by molar-refractivity contribution is 7.92. The summed E-state index contributed by atoms with van der Waals surface area (Å²) in [5.74, 6) is 0.149. The van der Waals surface area contributed by atoms with Gasteiger partial charge in [-0.05, 0) is 56.2 Å². The molecule has 1 N–H and O–H groups in total. The van der Waals surface area contributed by atoms with E-state index in [-0.39, 0.29) is 13.2 Å². The van der Waals surface area contributed by atoms with Gasteiger partial charge < -0.3 is 10.1 Å². The molecule has 0 heterocycles. The lowest BCUT2D eigenvalue weighted by Crippen LogP contribution is -2.48. The van der Waals surface area contributed by atoms with Gasteiger partial charge in [-0.25, -0.2) is 8.42 Å². The number of halogens is 2. The third-order valence-corrected chi connectivity index (χ3v) is 6.18. The van der Waals surface area contributed by atoms with E-state index in [2.05, 4.69) is 5.32 Å². The van der Waals surface area contributed by atoms with Gasteiger partial charge in [0.1, 0.15) is 18.4 Å². The van der Waals surface area contributed by atoms with E-state index in [0.29, 0.717) is 27.0 Å². The summed E-state index contributed by atoms with van der Waals surface area (Å²) in [6.07, 6.45) is 1.06. The second kappa shape index (κ2) is 9.69. The summed E-state index contributed by atoms with van der Waals surface area (Å²) in [5.41, 5.74) is 2.01. The molecular formula is C20H24Cl2N2O4S. The van der Waals surface area contributed by atoms with E-state index in [9.17, 15) is 13.2 Å². The Hall–Kier alpha value is -1.96. The standard InChI is InChI=1S/C20H24Cl2N2O4S/c1-13-6-8-17(12-18(13)22)28-10-9-23-20(25)15(3)24(29(4,26)27)19-11-16(21)7-5-14(19)2/h5-8,11-12,15H,9-10H2,1-4H3,(H,23,25)/t15-/m1/s1. The molecule has 29 heavy (non-hydrogen) atoms. The molecule has 0 bridgehead atoms. The smallest absolute Gasteiger partial charge is 0.243 e. The third-order valence-electron chi connectivity index (χ3n) is 4.31. The lowest BCUT2D eigenvalue weighted by atomic mass is 10.2. The van der Waals surface area contributed by atoms with Crippen molar-refractivity contribution in [1.82, 2.24) is 5.32 Å². The normalized spacial score (nSPS) is 12.3. The number of hydrogen-bond donors (Lipinski definition) is 1. The van der Waals surface area contributed by atoms with Crippen molar-refractivity contribution in [2.75, 3.05) is 23.7 Å². The molecule has 0 fully saturated rings. The number of aryl methyl sites for hydroxylation is 2. The van der Waals surface area contributed by atoms with Crippen LogP contribution in [0.3, 0.4) is 0 Å². The van der Waals surface area contributed by atoms with Gasteiger partial charge in [0.2, 0.25) is 15.9 Å². The van der Waals surface area contributed by atoms with Crippen LogP contribution in [0.25, 0.3) is 0 Å². The predicted molar refractivity (Wildman–Crippen MR) is 118 cm³/mol. The molecule has 2 aromatic carbocycles. The van der Waals surface area contributed by atoms with E-state index in [4.69, 9.17) is 27.9 Å². The van der Waals surface area contributed by atoms with E-state index in [1.807, 2.05) is 13.0 Å². The molecular weight excluding hydrogens is 435 g/mol. The molecule has 158 valence electrons. The summed E-state index contributed by atoms with van der Waals surface area (Å²) in [4.78, 5) is 12.6. The Morgan fingerprint density at radius 2 is 1.79 bits per heavy atom. The molecule has 0 aromatic heterocycles. The van der Waals surface area contributed by atoms with Crippen molar-refractivity contribution < 1.29 is 17.9 Å². The highest BCUT2D eigenvalue weighted by Crippen LogP contribution is 2.28. The molecule has 0 unspecified atom stereocenters. The number of amides is 1. The van der Waals surface area contributed by atoms with Crippen LogP contribution < -0.4 is 14.4 Å². The number of carbonyl (C=O) groups is 1. The van der Waals surface area contributed by atoms with Crippen molar-refractivity contribution in [2.24, 2.45) is 0 Å². The SMILES string of the molecule is Cc1ccc(OCCNC(=O)[C@@H](C)N(c2cc(Cl)ccc2C)S(C)(=O)=O)cc1Cl. The maximum absolute atomic E-state index is 12.6. The van der Waals surface area contributed by atoms with Crippen LogP contribution in [0.5, 0.6) is 5.75 Å². The van der Waals surface area contributed by atoms with Crippen LogP contribution in [-0.4, -0.2) is 39.8 Å². The van der Waals surface area contributed by atoms with Gasteiger partial charge in [0.25, 0.3) is 0 Å². The first-order chi connectivity index (χ1) is 13.5. The summed E-state index contributed by atoms with van der Waals surface area (Å²) in [6, 6.07) is 9.28. The van der Waals surface area contributed by atoms with Crippen LogP contribution >= 0.6 is 23.2 Å². The largest absolute Gasteiger partial charge is 0.492 e. The van der Waals surface area contributed by atoms with Crippen LogP contribution in [0, 0.1) is 13.8 Å². The van der Waals surface area contributed by atoms with Crippen LogP contribution in [0.4, 0.5) is 5.69 Å². The Kier molecular flexibility index (Phi) is 7.80. The number of rotatable bonds is 8. The van der Waals surface area contributed by atoms with Gasteiger partial charge >= 0.3 is 0 Å². The fraction of sp³-hybridized carbons (Fsp3) is 0.350. The lowest BCUT2D eigenvalue weighted by Gasteiger charge is -2.29. The first-order valence-electron chi connectivity index (χ1n) is 8.93. The van der Waals surface area contributed by atoms with E-state index < -0.39 is 22.0 Å². The van der Waals surface area contributed by atoms with Crippen molar-refractivity contribution in [3.05, 3.63) is 57.6 Å². The molecule has 0 radical (unpaired) electrons. The van der Waals surface area contributed by atoms with E-state index in [1.165, 1.54) is 13.0 Å². The molecule has 0 saturated heterocycles. The minimum absolute atomic E-state index is 0.209. The van der Waals surface area contributed by atoms with Crippen LogP contribution in [0.2, 0.25) is 10.0 Å². The Balaban J connectivity index is 2.04. The van der Waals surface area contributed by atoms with Gasteiger partial charge in [-0.3, -0.25) is 9.10 Å². The first-order valence-corrected chi connectivity index (χ1v) is 11.5. The number of nitrogens with zero attached hydrogens (tertiary/aromatic N) is 1. The molecule has 6 nitrogen and oxygen atoms in total. The minimum Gasteiger partial charge on any atom is -0.492 e. The number of sulfonamides is 1. The zero-order valence-corrected chi connectivity index (χ0v) is 19.0. The lowest BCUT2D eigenvalue weighted by molar-refractivity contribution is -0.121. The third kappa shape index (κ3) is 6.26. The maximum Gasteiger partial charge on any atom is 0.243 e. The second-order valence-electron chi connectivity index (χ2n) is 6.72. The monoisotopic (exact) mass is 458 g/mol. The van der Waals surface area contributed by atoms with E-state index in [0.717, 1.165) is 16.1 Å². The Labute approximate surface area is 181 Å². The number of nitrogens with one attached hydrogen (secondary N) is 1. The number of carbonyl (C=O) groups excluding carboxylic acids is 1. The number of hydrogen-bond acceptors (Lipinski definition) is 4. The van der Waals surface area contributed by atoms with Crippen molar-refractivity contribution in [1.29, 1.82) is 0 Å².